The molecule has 0 aliphatic rings. The number of benzene rings is 1. The molecular formula is C16H20ClN3O2. The van der Waals surface area contributed by atoms with Crippen LogP contribution in [0.3, 0.4) is 0 Å². The van der Waals surface area contributed by atoms with E-state index in [1.54, 1.807) is 6.92 Å². The third-order valence-corrected chi connectivity index (χ3v) is 3.98. The second-order valence-electron chi connectivity index (χ2n) is 5.37. The van der Waals surface area contributed by atoms with Crippen molar-refractivity contribution in [1.82, 2.24) is 15.1 Å². The Labute approximate surface area is 134 Å². The van der Waals surface area contributed by atoms with Gasteiger partial charge in [0.15, 0.2) is 0 Å². The van der Waals surface area contributed by atoms with Crippen LogP contribution in [-0.2, 0) is 17.9 Å². The van der Waals surface area contributed by atoms with E-state index in [2.05, 4.69) is 10.4 Å². The van der Waals surface area contributed by atoms with Gasteiger partial charge in [-0.1, -0.05) is 23.7 Å². The highest BCUT2D eigenvalue weighted by Crippen LogP contribution is 2.16. The fourth-order valence-corrected chi connectivity index (χ4v) is 2.37. The molecule has 0 saturated carbocycles. The minimum atomic E-state index is -0.858. The molecule has 6 heteroatoms. The molecule has 0 fully saturated rings. The van der Waals surface area contributed by atoms with Crippen LogP contribution in [0.15, 0.2) is 24.3 Å². The molecule has 2 aromatic rings. The highest BCUT2D eigenvalue weighted by Gasteiger charge is 2.15. The molecule has 1 heterocycles. The van der Waals surface area contributed by atoms with E-state index in [-0.39, 0.29) is 0 Å². The molecule has 0 aliphatic heterocycles. The van der Waals surface area contributed by atoms with Gasteiger partial charge in [0.2, 0.25) is 0 Å². The van der Waals surface area contributed by atoms with Gasteiger partial charge in [0.25, 0.3) is 0 Å². The molecule has 1 aromatic carbocycles. The Morgan fingerprint density at radius 1 is 1.36 bits per heavy atom. The monoisotopic (exact) mass is 321 g/mol. The van der Waals surface area contributed by atoms with E-state index in [1.807, 2.05) is 42.8 Å². The summed E-state index contributed by atoms with van der Waals surface area (Å²) in [5.41, 5.74) is 4.12. The van der Waals surface area contributed by atoms with Gasteiger partial charge in [-0.2, -0.15) is 5.10 Å². The molecular weight excluding hydrogens is 302 g/mol. The van der Waals surface area contributed by atoms with Gasteiger partial charge in [-0.25, -0.2) is 0 Å². The average Bonchev–Trinajstić information content (AvgIpc) is 2.73. The quantitative estimate of drug-likeness (QED) is 0.858. The summed E-state index contributed by atoms with van der Waals surface area (Å²) < 4.78 is 1.93. The van der Waals surface area contributed by atoms with Crippen molar-refractivity contribution in [3.05, 3.63) is 51.8 Å². The lowest BCUT2D eigenvalue weighted by molar-refractivity contribution is -0.139. The molecule has 2 N–H and O–H groups in total. The Balaban J connectivity index is 2.12. The highest BCUT2D eigenvalue weighted by atomic mass is 35.5. The van der Waals surface area contributed by atoms with Crippen LogP contribution in [0.5, 0.6) is 0 Å². The van der Waals surface area contributed by atoms with Crippen molar-refractivity contribution in [2.75, 3.05) is 0 Å². The molecule has 118 valence electrons. The number of carboxylic acids is 1. The van der Waals surface area contributed by atoms with Crippen molar-refractivity contribution in [3.63, 3.8) is 0 Å². The average molecular weight is 322 g/mol. The second kappa shape index (κ2) is 6.94. The van der Waals surface area contributed by atoms with Crippen molar-refractivity contribution in [2.45, 2.75) is 39.9 Å². The van der Waals surface area contributed by atoms with Crippen LogP contribution in [0.4, 0.5) is 0 Å². The molecule has 0 spiro atoms. The van der Waals surface area contributed by atoms with Crippen molar-refractivity contribution in [2.24, 2.45) is 0 Å². The van der Waals surface area contributed by atoms with Crippen molar-refractivity contribution < 1.29 is 9.90 Å². The second-order valence-corrected chi connectivity index (χ2v) is 5.81. The third-order valence-electron chi connectivity index (χ3n) is 3.73. The zero-order chi connectivity index (χ0) is 16.3. The molecule has 1 atom stereocenters. The summed E-state index contributed by atoms with van der Waals surface area (Å²) in [6.07, 6.45) is 0. The fourth-order valence-electron chi connectivity index (χ4n) is 2.25. The first-order valence-corrected chi connectivity index (χ1v) is 7.49. The maximum Gasteiger partial charge on any atom is 0.320 e. The van der Waals surface area contributed by atoms with Gasteiger partial charge in [-0.3, -0.25) is 9.48 Å². The number of halogens is 1. The van der Waals surface area contributed by atoms with Crippen molar-refractivity contribution >= 4 is 17.6 Å². The summed E-state index contributed by atoms with van der Waals surface area (Å²) >= 11 is 5.89. The summed E-state index contributed by atoms with van der Waals surface area (Å²) in [6, 6.07) is 7.09. The summed E-state index contributed by atoms with van der Waals surface area (Å²) in [4.78, 5) is 10.9. The molecule has 0 radical (unpaired) electrons. The third kappa shape index (κ3) is 3.87. The molecule has 2 rings (SSSR count). The summed E-state index contributed by atoms with van der Waals surface area (Å²) in [5, 5.41) is 17.2. The molecule has 22 heavy (non-hydrogen) atoms. The van der Waals surface area contributed by atoms with Crippen LogP contribution in [0, 0.1) is 13.8 Å². The standard InChI is InChI=1S/C16H20ClN3O2/c1-10-15(8-18-11(2)16(21)22)12(3)20(19-10)9-13-4-6-14(17)7-5-13/h4-7,11,18H,8-9H2,1-3H3,(H,21,22). The zero-order valence-corrected chi connectivity index (χ0v) is 13.7. The van der Waals surface area contributed by atoms with Crippen LogP contribution < -0.4 is 5.32 Å². The number of aromatic nitrogens is 2. The number of carboxylic acid groups (broad SMARTS) is 1. The Bertz CT molecular complexity index is 665. The van der Waals surface area contributed by atoms with Gasteiger partial charge < -0.3 is 10.4 Å². The first-order valence-electron chi connectivity index (χ1n) is 7.12. The van der Waals surface area contributed by atoms with E-state index < -0.39 is 12.0 Å². The van der Waals surface area contributed by atoms with E-state index in [0.717, 1.165) is 22.5 Å². The molecule has 0 aliphatic carbocycles. The first kappa shape index (κ1) is 16.5. The van der Waals surface area contributed by atoms with Gasteiger partial charge in [0.1, 0.15) is 6.04 Å². The maximum absolute atomic E-state index is 10.9. The maximum atomic E-state index is 10.9. The minimum absolute atomic E-state index is 0.492. The van der Waals surface area contributed by atoms with Gasteiger partial charge in [-0.05, 0) is 38.5 Å². The Morgan fingerprint density at radius 2 is 2.00 bits per heavy atom. The summed E-state index contributed by atoms with van der Waals surface area (Å²) in [5.74, 6) is -0.858. The first-order chi connectivity index (χ1) is 10.4. The number of nitrogens with one attached hydrogen (secondary N) is 1. The lowest BCUT2D eigenvalue weighted by atomic mass is 10.1. The predicted octanol–water partition coefficient (Wildman–Crippen LogP) is 2.76. The van der Waals surface area contributed by atoms with E-state index in [4.69, 9.17) is 16.7 Å². The molecule has 0 amide bonds. The Morgan fingerprint density at radius 3 is 2.59 bits per heavy atom. The molecule has 5 nitrogen and oxygen atoms in total. The number of rotatable bonds is 6. The Kier molecular flexibility index (Phi) is 5.21. The topological polar surface area (TPSA) is 67.2 Å². The number of carbonyl (C=O) groups is 1. The normalized spacial score (nSPS) is 12.4. The van der Waals surface area contributed by atoms with Crippen LogP contribution >= 0.6 is 11.6 Å². The van der Waals surface area contributed by atoms with E-state index >= 15 is 0 Å². The van der Waals surface area contributed by atoms with Crippen molar-refractivity contribution in [3.8, 4) is 0 Å². The molecule has 0 bridgehead atoms. The molecule has 0 saturated heterocycles. The Hall–Kier alpha value is -1.85. The summed E-state index contributed by atoms with van der Waals surface area (Å²) in [7, 11) is 0. The van der Waals surface area contributed by atoms with Crippen LogP contribution in [0.2, 0.25) is 5.02 Å². The number of nitrogens with zero attached hydrogens (tertiary/aromatic N) is 2. The largest absolute Gasteiger partial charge is 0.480 e. The van der Waals surface area contributed by atoms with Crippen LogP contribution in [0.25, 0.3) is 0 Å². The van der Waals surface area contributed by atoms with Gasteiger partial charge in [0, 0.05) is 22.8 Å². The number of aliphatic carboxylic acids is 1. The van der Waals surface area contributed by atoms with Crippen LogP contribution in [-0.4, -0.2) is 26.9 Å². The molecule has 1 unspecified atom stereocenters. The van der Waals surface area contributed by atoms with Crippen molar-refractivity contribution in [1.29, 1.82) is 0 Å². The lowest BCUT2D eigenvalue weighted by Crippen LogP contribution is -2.33. The number of hydrogen-bond donors (Lipinski definition) is 2. The SMILES string of the molecule is Cc1nn(Cc2ccc(Cl)cc2)c(C)c1CNC(C)C(=O)O. The highest BCUT2D eigenvalue weighted by molar-refractivity contribution is 6.30. The fraction of sp³-hybridized carbons (Fsp3) is 0.375. The summed E-state index contributed by atoms with van der Waals surface area (Å²) in [6.45, 7) is 6.72. The zero-order valence-electron chi connectivity index (χ0n) is 12.9. The lowest BCUT2D eigenvalue weighted by Gasteiger charge is -2.10. The van der Waals surface area contributed by atoms with Gasteiger partial charge in [-0.15, -0.1) is 0 Å². The van der Waals surface area contributed by atoms with Crippen LogP contribution in [0.1, 0.15) is 29.4 Å². The predicted molar refractivity (Wildman–Crippen MR) is 86.2 cm³/mol. The number of hydrogen-bond acceptors (Lipinski definition) is 3. The van der Waals surface area contributed by atoms with E-state index in [0.29, 0.717) is 18.1 Å². The van der Waals surface area contributed by atoms with E-state index in [1.165, 1.54) is 0 Å². The number of aryl methyl sites for hydroxylation is 1. The van der Waals surface area contributed by atoms with Gasteiger partial charge in [0.05, 0.1) is 12.2 Å². The van der Waals surface area contributed by atoms with E-state index in [9.17, 15) is 4.79 Å². The van der Waals surface area contributed by atoms with Gasteiger partial charge >= 0.3 is 5.97 Å². The molecule has 1 aromatic heterocycles. The minimum Gasteiger partial charge on any atom is -0.480 e. The smallest absolute Gasteiger partial charge is 0.320 e.